The Hall–Kier alpha value is -0.380. The van der Waals surface area contributed by atoms with Crippen molar-refractivity contribution in [1.82, 2.24) is 5.32 Å². The molecule has 0 radical (unpaired) electrons. The molecule has 106 valence electrons. The maximum Gasteiger partial charge on any atom is 0.0561 e. The first kappa shape index (κ1) is 13.6. The fraction of sp³-hybridized carbons (Fsp3) is 0.750. The summed E-state index contributed by atoms with van der Waals surface area (Å²) < 4.78 is 5.67. The van der Waals surface area contributed by atoms with E-state index in [0.717, 1.165) is 18.9 Å². The van der Waals surface area contributed by atoms with Crippen molar-refractivity contribution in [3.05, 3.63) is 22.4 Å². The third kappa shape index (κ3) is 3.39. The van der Waals surface area contributed by atoms with Gasteiger partial charge < -0.3 is 10.1 Å². The molecular weight excluding hydrogens is 254 g/mol. The number of hydrogen-bond donors (Lipinski definition) is 1. The second-order valence-corrected chi connectivity index (χ2v) is 7.09. The Labute approximate surface area is 120 Å². The Bertz CT molecular complexity index is 372. The molecule has 0 aromatic carbocycles. The van der Waals surface area contributed by atoms with Crippen LogP contribution in [0.3, 0.4) is 0 Å². The van der Waals surface area contributed by atoms with Crippen LogP contribution in [-0.4, -0.2) is 18.8 Å². The monoisotopic (exact) mass is 279 g/mol. The highest BCUT2D eigenvalue weighted by Gasteiger charge is 2.30. The molecule has 2 heterocycles. The van der Waals surface area contributed by atoms with Crippen molar-refractivity contribution >= 4 is 11.3 Å². The van der Waals surface area contributed by atoms with Crippen LogP contribution in [0.4, 0.5) is 0 Å². The molecule has 1 aromatic heterocycles. The van der Waals surface area contributed by atoms with Crippen molar-refractivity contribution < 1.29 is 4.74 Å². The molecule has 2 aliphatic rings. The van der Waals surface area contributed by atoms with Gasteiger partial charge in [-0.2, -0.15) is 0 Å². The first-order valence-corrected chi connectivity index (χ1v) is 8.62. The van der Waals surface area contributed by atoms with Crippen molar-refractivity contribution in [3.63, 3.8) is 0 Å². The zero-order chi connectivity index (χ0) is 13.1. The van der Waals surface area contributed by atoms with Crippen molar-refractivity contribution in [2.45, 2.75) is 63.6 Å². The second-order valence-electron chi connectivity index (χ2n) is 6.11. The summed E-state index contributed by atoms with van der Waals surface area (Å²) in [5, 5.41) is 6.17. The summed E-state index contributed by atoms with van der Waals surface area (Å²) >= 11 is 1.91. The summed E-state index contributed by atoms with van der Waals surface area (Å²) in [6.45, 7) is 3.12. The topological polar surface area (TPSA) is 21.3 Å². The molecule has 2 fully saturated rings. The van der Waals surface area contributed by atoms with E-state index >= 15 is 0 Å². The van der Waals surface area contributed by atoms with Gasteiger partial charge in [-0.1, -0.05) is 18.9 Å². The maximum atomic E-state index is 5.67. The molecule has 1 saturated heterocycles. The van der Waals surface area contributed by atoms with Crippen molar-refractivity contribution in [1.29, 1.82) is 0 Å². The van der Waals surface area contributed by atoms with Gasteiger partial charge in [0.1, 0.15) is 0 Å². The molecule has 1 aromatic rings. The number of rotatable bonds is 4. The molecule has 0 spiro atoms. The summed E-state index contributed by atoms with van der Waals surface area (Å²) in [6, 6.07) is 5.72. The van der Waals surface area contributed by atoms with Gasteiger partial charge in [-0.15, -0.1) is 11.3 Å². The van der Waals surface area contributed by atoms with Gasteiger partial charge in [-0.25, -0.2) is 0 Å². The van der Waals surface area contributed by atoms with Gasteiger partial charge in [-0.3, -0.25) is 0 Å². The molecule has 0 bridgehead atoms. The van der Waals surface area contributed by atoms with Gasteiger partial charge in [0.05, 0.1) is 6.10 Å². The van der Waals surface area contributed by atoms with Gasteiger partial charge in [0.2, 0.25) is 0 Å². The minimum absolute atomic E-state index is 0.416. The van der Waals surface area contributed by atoms with Crippen molar-refractivity contribution in [3.8, 4) is 0 Å². The second kappa shape index (κ2) is 6.38. The molecule has 3 heteroatoms. The summed E-state index contributed by atoms with van der Waals surface area (Å²) in [6.07, 6.45) is 8.37. The largest absolute Gasteiger partial charge is 0.378 e. The van der Waals surface area contributed by atoms with E-state index in [-0.39, 0.29) is 0 Å². The molecule has 1 aliphatic heterocycles. The molecule has 0 amide bonds. The van der Waals surface area contributed by atoms with E-state index in [0.29, 0.717) is 18.2 Å². The van der Waals surface area contributed by atoms with Crippen LogP contribution in [0.5, 0.6) is 0 Å². The third-order valence-electron chi connectivity index (χ3n) is 4.62. The standard InChI is InChI=1S/C16H25NOS/c1-12-11-14(8-9-18-12)17-16(13-5-2-3-6-13)15-7-4-10-19-15/h4,7,10,12-14,16-17H,2-3,5-6,8-9,11H2,1H3. The lowest BCUT2D eigenvalue weighted by Gasteiger charge is -2.33. The van der Waals surface area contributed by atoms with Crippen LogP contribution < -0.4 is 5.32 Å². The van der Waals surface area contributed by atoms with Gasteiger partial charge in [0, 0.05) is 23.6 Å². The molecule has 2 nitrogen and oxygen atoms in total. The molecule has 1 saturated carbocycles. The maximum absolute atomic E-state index is 5.67. The normalized spacial score (nSPS) is 30.6. The Morgan fingerprint density at radius 1 is 1.32 bits per heavy atom. The molecular formula is C16H25NOS. The van der Waals surface area contributed by atoms with E-state index in [1.165, 1.54) is 37.0 Å². The number of nitrogens with one attached hydrogen (secondary N) is 1. The van der Waals surface area contributed by atoms with Crippen LogP contribution >= 0.6 is 11.3 Å². The van der Waals surface area contributed by atoms with Crippen LogP contribution in [0, 0.1) is 5.92 Å². The molecule has 19 heavy (non-hydrogen) atoms. The number of ether oxygens (including phenoxy) is 1. The van der Waals surface area contributed by atoms with E-state index in [4.69, 9.17) is 4.74 Å². The molecule has 3 atom stereocenters. The summed E-state index contributed by atoms with van der Waals surface area (Å²) in [4.78, 5) is 1.53. The minimum atomic E-state index is 0.416. The predicted molar refractivity (Wildman–Crippen MR) is 80.6 cm³/mol. The Kier molecular flexibility index (Phi) is 4.57. The zero-order valence-electron chi connectivity index (χ0n) is 11.8. The zero-order valence-corrected chi connectivity index (χ0v) is 12.6. The van der Waals surface area contributed by atoms with Gasteiger partial charge in [0.25, 0.3) is 0 Å². The van der Waals surface area contributed by atoms with E-state index in [2.05, 4.69) is 29.8 Å². The van der Waals surface area contributed by atoms with E-state index in [9.17, 15) is 0 Å². The highest BCUT2D eigenvalue weighted by molar-refractivity contribution is 7.10. The average Bonchev–Trinajstić information content (AvgIpc) is 3.10. The molecule has 3 unspecified atom stereocenters. The van der Waals surface area contributed by atoms with Crippen LogP contribution in [0.2, 0.25) is 0 Å². The lowest BCUT2D eigenvalue weighted by molar-refractivity contribution is 0.00975. The van der Waals surface area contributed by atoms with Crippen molar-refractivity contribution in [2.75, 3.05) is 6.61 Å². The summed E-state index contributed by atoms with van der Waals surface area (Å²) in [5.41, 5.74) is 0. The lowest BCUT2D eigenvalue weighted by Crippen LogP contribution is -2.41. The van der Waals surface area contributed by atoms with E-state index < -0.39 is 0 Å². The Morgan fingerprint density at radius 2 is 2.16 bits per heavy atom. The summed E-state index contributed by atoms with van der Waals surface area (Å²) in [7, 11) is 0. The van der Waals surface area contributed by atoms with Crippen LogP contribution in [0.15, 0.2) is 17.5 Å². The average molecular weight is 279 g/mol. The fourth-order valence-electron chi connectivity index (χ4n) is 3.61. The predicted octanol–water partition coefficient (Wildman–Crippen LogP) is 4.14. The lowest BCUT2D eigenvalue weighted by atomic mass is 9.94. The first-order valence-electron chi connectivity index (χ1n) is 7.74. The van der Waals surface area contributed by atoms with Gasteiger partial charge in [0.15, 0.2) is 0 Å². The number of hydrogen-bond acceptors (Lipinski definition) is 3. The summed E-state index contributed by atoms with van der Waals surface area (Å²) in [5.74, 6) is 0.844. The van der Waals surface area contributed by atoms with Crippen LogP contribution in [-0.2, 0) is 4.74 Å². The number of thiophene rings is 1. The Balaban J connectivity index is 1.68. The van der Waals surface area contributed by atoms with Gasteiger partial charge >= 0.3 is 0 Å². The molecule has 3 rings (SSSR count). The van der Waals surface area contributed by atoms with E-state index in [1.54, 1.807) is 0 Å². The molecule has 1 aliphatic carbocycles. The highest BCUT2D eigenvalue weighted by Crippen LogP contribution is 2.38. The third-order valence-corrected chi connectivity index (χ3v) is 5.58. The highest BCUT2D eigenvalue weighted by atomic mass is 32.1. The molecule has 1 N–H and O–H groups in total. The smallest absolute Gasteiger partial charge is 0.0561 e. The van der Waals surface area contributed by atoms with Crippen LogP contribution in [0.1, 0.15) is 56.4 Å². The van der Waals surface area contributed by atoms with Crippen LogP contribution in [0.25, 0.3) is 0 Å². The quantitative estimate of drug-likeness (QED) is 0.894. The minimum Gasteiger partial charge on any atom is -0.378 e. The van der Waals surface area contributed by atoms with Crippen molar-refractivity contribution in [2.24, 2.45) is 5.92 Å². The van der Waals surface area contributed by atoms with Gasteiger partial charge in [-0.05, 0) is 50.0 Å². The fourth-order valence-corrected chi connectivity index (χ4v) is 4.49. The Morgan fingerprint density at radius 3 is 2.84 bits per heavy atom. The SMILES string of the molecule is CC1CC(NC(c2cccs2)C2CCCC2)CCO1. The van der Waals surface area contributed by atoms with E-state index in [1.807, 2.05) is 11.3 Å². The first-order chi connectivity index (χ1) is 9.33.